The van der Waals surface area contributed by atoms with Crippen molar-refractivity contribution >= 4 is 10.0 Å². The van der Waals surface area contributed by atoms with E-state index in [0.717, 1.165) is 32.1 Å². The van der Waals surface area contributed by atoms with Crippen LogP contribution in [0.25, 0.3) is 0 Å². The van der Waals surface area contributed by atoms with E-state index in [0.29, 0.717) is 19.1 Å². The van der Waals surface area contributed by atoms with E-state index in [2.05, 4.69) is 17.1 Å². The Hall–Kier alpha value is -0.170. The van der Waals surface area contributed by atoms with E-state index in [1.807, 2.05) is 0 Å². The molecule has 1 saturated heterocycles. The molecule has 0 aromatic heterocycles. The molecule has 1 atom stereocenters. The molecule has 2 aliphatic rings. The quantitative estimate of drug-likeness (QED) is 0.798. The van der Waals surface area contributed by atoms with Crippen molar-refractivity contribution in [3.05, 3.63) is 0 Å². The minimum atomic E-state index is -3.02. The molecule has 124 valence electrons. The Balaban J connectivity index is 1.84. The zero-order valence-corrected chi connectivity index (χ0v) is 14.4. The van der Waals surface area contributed by atoms with Crippen molar-refractivity contribution in [3.63, 3.8) is 0 Å². The van der Waals surface area contributed by atoms with Crippen LogP contribution in [0.15, 0.2) is 0 Å². The van der Waals surface area contributed by atoms with Gasteiger partial charge in [0.25, 0.3) is 0 Å². The first kappa shape index (κ1) is 17.2. The van der Waals surface area contributed by atoms with E-state index in [-0.39, 0.29) is 0 Å². The zero-order valence-electron chi connectivity index (χ0n) is 13.6. The number of sulfonamides is 1. The van der Waals surface area contributed by atoms with Crippen molar-refractivity contribution in [2.24, 2.45) is 5.92 Å². The molecular formula is C15H31N3O2S. The second-order valence-corrected chi connectivity index (χ2v) is 8.51. The van der Waals surface area contributed by atoms with Gasteiger partial charge in [-0.1, -0.05) is 26.2 Å². The van der Waals surface area contributed by atoms with Gasteiger partial charge in [0.15, 0.2) is 0 Å². The van der Waals surface area contributed by atoms with Crippen molar-refractivity contribution in [2.75, 3.05) is 45.5 Å². The third-order valence-corrected chi connectivity index (χ3v) is 6.24. The van der Waals surface area contributed by atoms with Crippen LogP contribution in [0.5, 0.6) is 0 Å². The molecule has 1 N–H and O–H groups in total. The summed E-state index contributed by atoms with van der Waals surface area (Å²) in [7, 11) is -3.02. The summed E-state index contributed by atoms with van der Waals surface area (Å²) in [6.45, 7) is 7.27. The highest BCUT2D eigenvalue weighted by Crippen LogP contribution is 2.27. The lowest BCUT2D eigenvalue weighted by Crippen LogP contribution is -2.53. The predicted octanol–water partition coefficient (Wildman–Crippen LogP) is 1.12. The van der Waals surface area contributed by atoms with E-state index >= 15 is 0 Å². The number of hydrogen-bond acceptors (Lipinski definition) is 4. The average Bonchev–Trinajstić information content (AvgIpc) is 2.47. The Morgan fingerprint density at radius 1 is 1.10 bits per heavy atom. The Bertz CT molecular complexity index is 399. The molecule has 1 aliphatic carbocycles. The molecule has 2 fully saturated rings. The van der Waals surface area contributed by atoms with E-state index in [4.69, 9.17) is 0 Å². The Morgan fingerprint density at radius 2 is 1.71 bits per heavy atom. The van der Waals surface area contributed by atoms with Crippen molar-refractivity contribution in [1.82, 2.24) is 14.5 Å². The van der Waals surface area contributed by atoms with Gasteiger partial charge in [-0.15, -0.1) is 0 Å². The van der Waals surface area contributed by atoms with E-state index < -0.39 is 10.0 Å². The molecule has 0 spiro atoms. The van der Waals surface area contributed by atoms with Crippen LogP contribution < -0.4 is 5.32 Å². The van der Waals surface area contributed by atoms with Crippen LogP contribution in [0.3, 0.4) is 0 Å². The largest absolute Gasteiger partial charge is 0.313 e. The Morgan fingerprint density at radius 3 is 2.24 bits per heavy atom. The summed E-state index contributed by atoms with van der Waals surface area (Å²) in [5.74, 6) is 0.798. The Kier molecular flexibility index (Phi) is 6.47. The fraction of sp³-hybridized carbons (Fsp3) is 1.00. The van der Waals surface area contributed by atoms with E-state index in [9.17, 15) is 8.42 Å². The summed E-state index contributed by atoms with van der Waals surface area (Å²) >= 11 is 0. The van der Waals surface area contributed by atoms with Gasteiger partial charge in [-0.05, 0) is 25.3 Å². The molecule has 5 nitrogen and oxygen atoms in total. The molecular weight excluding hydrogens is 286 g/mol. The molecule has 1 unspecified atom stereocenters. The molecule has 0 bridgehead atoms. The highest BCUT2D eigenvalue weighted by atomic mass is 32.2. The van der Waals surface area contributed by atoms with Crippen molar-refractivity contribution < 1.29 is 8.42 Å². The Labute approximate surface area is 130 Å². The van der Waals surface area contributed by atoms with Crippen molar-refractivity contribution in [1.29, 1.82) is 0 Å². The number of nitrogens with one attached hydrogen (secondary N) is 1. The van der Waals surface area contributed by atoms with E-state index in [1.165, 1.54) is 38.4 Å². The van der Waals surface area contributed by atoms with Crippen LogP contribution in [-0.2, 0) is 10.0 Å². The zero-order chi connectivity index (χ0) is 15.3. The fourth-order valence-electron chi connectivity index (χ4n) is 3.70. The molecule has 2 rings (SSSR count). The minimum Gasteiger partial charge on any atom is -0.313 e. The van der Waals surface area contributed by atoms with Gasteiger partial charge < -0.3 is 5.32 Å². The lowest BCUT2D eigenvalue weighted by Gasteiger charge is -2.38. The lowest BCUT2D eigenvalue weighted by molar-refractivity contribution is 0.145. The molecule has 6 heteroatoms. The maximum Gasteiger partial charge on any atom is 0.211 e. The lowest BCUT2D eigenvalue weighted by atomic mass is 9.83. The van der Waals surface area contributed by atoms with Gasteiger partial charge in [0.1, 0.15) is 0 Å². The summed E-state index contributed by atoms with van der Waals surface area (Å²) in [5, 5.41) is 3.67. The molecule has 1 heterocycles. The van der Waals surface area contributed by atoms with Gasteiger partial charge >= 0.3 is 0 Å². The van der Waals surface area contributed by atoms with Crippen LogP contribution in [0, 0.1) is 5.92 Å². The second-order valence-electron chi connectivity index (χ2n) is 6.52. The number of hydrogen-bond donors (Lipinski definition) is 1. The summed E-state index contributed by atoms with van der Waals surface area (Å²) in [6.07, 6.45) is 8.14. The maximum atomic E-state index is 11.6. The van der Waals surface area contributed by atoms with Gasteiger partial charge in [0.2, 0.25) is 10.0 Å². The molecule has 0 aromatic rings. The third-order valence-electron chi connectivity index (χ3n) is 4.94. The standard InChI is InChI=1S/C15H31N3O2S/c1-3-16-15(14-7-5-4-6-8-14)13-17-9-11-18(12-10-17)21(2,19)20/h14-16H,3-13H2,1-2H3. The maximum absolute atomic E-state index is 11.6. The van der Waals surface area contributed by atoms with Gasteiger partial charge in [-0.2, -0.15) is 4.31 Å². The molecule has 0 aromatic carbocycles. The molecule has 0 radical (unpaired) electrons. The number of piperazine rings is 1. The first-order chi connectivity index (χ1) is 10.0. The highest BCUT2D eigenvalue weighted by molar-refractivity contribution is 7.88. The van der Waals surface area contributed by atoms with Gasteiger partial charge in [0, 0.05) is 38.8 Å². The molecule has 21 heavy (non-hydrogen) atoms. The first-order valence-corrected chi connectivity index (χ1v) is 10.3. The molecule has 1 aliphatic heterocycles. The number of likely N-dealkylation sites (N-methyl/N-ethyl adjacent to an activating group) is 1. The normalized spacial score (nSPS) is 25.0. The van der Waals surface area contributed by atoms with Crippen LogP contribution in [0.1, 0.15) is 39.0 Å². The number of nitrogens with zero attached hydrogens (tertiary/aromatic N) is 2. The average molecular weight is 317 g/mol. The van der Waals surface area contributed by atoms with Crippen LogP contribution >= 0.6 is 0 Å². The fourth-order valence-corrected chi connectivity index (χ4v) is 4.53. The predicted molar refractivity (Wildman–Crippen MR) is 86.9 cm³/mol. The highest BCUT2D eigenvalue weighted by Gasteiger charge is 2.28. The van der Waals surface area contributed by atoms with Gasteiger partial charge in [-0.3, -0.25) is 4.90 Å². The van der Waals surface area contributed by atoms with Crippen LogP contribution in [-0.4, -0.2) is 69.2 Å². The van der Waals surface area contributed by atoms with Crippen molar-refractivity contribution in [2.45, 2.75) is 45.1 Å². The summed E-state index contributed by atoms with van der Waals surface area (Å²) in [6, 6.07) is 0.570. The molecule has 0 amide bonds. The van der Waals surface area contributed by atoms with E-state index in [1.54, 1.807) is 4.31 Å². The second kappa shape index (κ2) is 7.90. The third kappa shape index (κ3) is 5.20. The van der Waals surface area contributed by atoms with Gasteiger partial charge in [-0.25, -0.2) is 8.42 Å². The smallest absolute Gasteiger partial charge is 0.211 e. The summed E-state index contributed by atoms with van der Waals surface area (Å²) in [4.78, 5) is 2.43. The topological polar surface area (TPSA) is 52.6 Å². The summed E-state index contributed by atoms with van der Waals surface area (Å²) < 4.78 is 24.7. The van der Waals surface area contributed by atoms with Crippen LogP contribution in [0.4, 0.5) is 0 Å². The molecule has 1 saturated carbocycles. The van der Waals surface area contributed by atoms with Gasteiger partial charge in [0.05, 0.1) is 6.26 Å². The van der Waals surface area contributed by atoms with Crippen molar-refractivity contribution in [3.8, 4) is 0 Å². The SMILES string of the molecule is CCNC(CN1CCN(S(C)(=O)=O)CC1)C1CCCCC1. The first-order valence-electron chi connectivity index (χ1n) is 8.41. The number of rotatable bonds is 6. The monoisotopic (exact) mass is 317 g/mol. The summed E-state index contributed by atoms with van der Waals surface area (Å²) in [5.41, 5.74) is 0. The minimum absolute atomic E-state index is 0.570. The van der Waals surface area contributed by atoms with Crippen LogP contribution in [0.2, 0.25) is 0 Å².